The maximum absolute atomic E-state index is 3.75. The fourth-order valence-corrected chi connectivity index (χ4v) is 5.67. The van der Waals surface area contributed by atoms with E-state index >= 15 is 0 Å². The molecule has 0 saturated carbocycles. The van der Waals surface area contributed by atoms with Gasteiger partial charge >= 0.3 is 0 Å². The molecule has 0 spiro atoms. The predicted octanol–water partition coefficient (Wildman–Crippen LogP) is 2.51. The Balaban J connectivity index is 0.00000529. The lowest BCUT2D eigenvalue weighted by Gasteiger charge is -2.32. The van der Waals surface area contributed by atoms with E-state index in [9.17, 15) is 0 Å². The highest BCUT2D eigenvalue weighted by molar-refractivity contribution is 8.77. The van der Waals surface area contributed by atoms with Gasteiger partial charge in [-0.1, -0.05) is 49.3 Å². The van der Waals surface area contributed by atoms with Crippen LogP contribution in [0.3, 0.4) is 0 Å². The van der Waals surface area contributed by atoms with Crippen LogP contribution in [0.25, 0.3) is 0 Å². The van der Waals surface area contributed by atoms with Gasteiger partial charge in [0.1, 0.15) is 11.0 Å². The van der Waals surface area contributed by atoms with Crippen molar-refractivity contribution in [2.75, 3.05) is 66.5 Å². The number of hydrogen-bond donors (Lipinski definition) is 1. The van der Waals surface area contributed by atoms with E-state index in [2.05, 4.69) is 66.7 Å². The summed E-state index contributed by atoms with van der Waals surface area (Å²) in [4.78, 5) is 9.91. The topological polar surface area (TPSA) is 25.0 Å². The highest BCUT2D eigenvalue weighted by atomic mass is 35.5. The molecule has 0 bridgehead atoms. The van der Waals surface area contributed by atoms with E-state index in [0.29, 0.717) is 11.0 Å². The van der Waals surface area contributed by atoms with Crippen LogP contribution >= 0.6 is 34.0 Å². The minimum absolute atomic E-state index is 0. The maximum Gasteiger partial charge on any atom is 0.120 e. The van der Waals surface area contributed by atoms with Gasteiger partial charge in [0, 0.05) is 26.2 Å². The van der Waals surface area contributed by atoms with Gasteiger partial charge < -0.3 is 9.80 Å². The van der Waals surface area contributed by atoms with Gasteiger partial charge in [0.05, 0.1) is 0 Å². The van der Waals surface area contributed by atoms with Crippen molar-refractivity contribution in [2.24, 2.45) is 0 Å². The molecule has 0 radical (unpaired) electrons. The van der Waals surface area contributed by atoms with Crippen molar-refractivity contribution >= 4 is 34.0 Å². The van der Waals surface area contributed by atoms with E-state index < -0.39 is 0 Å². The van der Waals surface area contributed by atoms with Gasteiger partial charge in [-0.15, -0.1) is 12.4 Å². The van der Waals surface area contributed by atoms with E-state index in [-0.39, 0.29) is 12.4 Å². The Morgan fingerprint density at radius 1 is 0.708 bits per heavy atom. The molecule has 24 heavy (non-hydrogen) atoms. The first-order valence-electron chi connectivity index (χ1n) is 8.98. The van der Waals surface area contributed by atoms with Crippen LogP contribution < -0.4 is 5.32 Å². The summed E-state index contributed by atoms with van der Waals surface area (Å²) in [6.07, 6.45) is 0. The van der Waals surface area contributed by atoms with Crippen molar-refractivity contribution in [3.05, 3.63) is 0 Å². The molecule has 1 fully saturated rings. The molecule has 0 amide bonds. The Morgan fingerprint density at radius 2 is 1.12 bits per heavy atom. The van der Waals surface area contributed by atoms with Crippen LogP contribution in [0.15, 0.2) is 0 Å². The van der Waals surface area contributed by atoms with Crippen LogP contribution in [-0.4, -0.2) is 97.0 Å². The fraction of sp³-hybridized carbons (Fsp3) is 1.00. The zero-order valence-corrected chi connectivity index (χ0v) is 18.8. The van der Waals surface area contributed by atoms with Gasteiger partial charge in [-0.25, -0.2) is 0 Å². The molecule has 0 aromatic rings. The standard InChI is InChI=1S/C16H37N5S2.ClH/c1-7-19(8-2)11-13-21(14-12-20(9-3)10-4)16-17-15(18(5)6)22-23-16;/h15-17H,7-14H2,1-6H3;1H. The summed E-state index contributed by atoms with van der Waals surface area (Å²) in [5.74, 6) is 0. The van der Waals surface area contributed by atoms with Crippen LogP contribution in [0, 0.1) is 0 Å². The Kier molecular flexibility index (Phi) is 14.4. The average Bonchev–Trinajstić information content (AvgIpc) is 3.04. The van der Waals surface area contributed by atoms with Crippen LogP contribution in [0.5, 0.6) is 0 Å². The van der Waals surface area contributed by atoms with Crippen molar-refractivity contribution in [2.45, 2.75) is 38.7 Å². The lowest BCUT2D eigenvalue weighted by atomic mass is 10.4. The first kappa shape index (κ1) is 24.8. The van der Waals surface area contributed by atoms with E-state index in [1.54, 1.807) is 0 Å². The molecule has 8 heteroatoms. The van der Waals surface area contributed by atoms with Gasteiger partial charge in [0.2, 0.25) is 0 Å². The first-order chi connectivity index (χ1) is 11.0. The van der Waals surface area contributed by atoms with E-state index in [0.717, 1.165) is 52.4 Å². The zero-order chi connectivity index (χ0) is 17.2. The largest absolute Gasteiger partial charge is 0.303 e. The molecular formula is C16H38ClN5S2. The normalized spacial score (nSPS) is 21.2. The van der Waals surface area contributed by atoms with Crippen LogP contribution in [0.1, 0.15) is 27.7 Å². The van der Waals surface area contributed by atoms with E-state index in [1.165, 1.54) is 0 Å². The molecule has 1 heterocycles. The smallest absolute Gasteiger partial charge is 0.120 e. The van der Waals surface area contributed by atoms with Gasteiger partial charge in [0.25, 0.3) is 0 Å². The summed E-state index contributed by atoms with van der Waals surface area (Å²) in [7, 11) is 8.20. The predicted molar refractivity (Wildman–Crippen MR) is 114 cm³/mol. The Bertz CT molecular complexity index is 288. The minimum Gasteiger partial charge on any atom is -0.303 e. The zero-order valence-electron chi connectivity index (χ0n) is 16.3. The quantitative estimate of drug-likeness (QED) is 0.503. The first-order valence-corrected chi connectivity index (χ1v) is 11.3. The minimum atomic E-state index is 0. The Labute approximate surface area is 164 Å². The van der Waals surface area contributed by atoms with Crippen LogP contribution in [0.2, 0.25) is 0 Å². The molecule has 2 atom stereocenters. The molecule has 146 valence electrons. The third kappa shape index (κ3) is 8.45. The molecule has 1 saturated heterocycles. The molecule has 1 N–H and O–H groups in total. The second kappa shape index (κ2) is 13.9. The molecule has 0 aromatic carbocycles. The number of rotatable bonds is 12. The molecule has 5 nitrogen and oxygen atoms in total. The van der Waals surface area contributed by atoms with Gasteiger partial charge in [-0.2, -0.15) is 0 Å². The molecule has 1 rings (SSSR count). The number of nitrogens with zero attached hydrogens (tertiary/aromatic N) is 4. The number of nitrogens with one attached hydrogen (secondary N) is 1. The third-order valence-corrected chi connectivity index (χ3v) is 7.41. The SMILES string of the molecule is CCN(CC)CCN(CCN(CC)CC)C1NC(N(C)C)SS1.Cl. The average molecular weight is 400 g/mol. The van der Waals surface area contributed by atoms with Crippen LogP contribution in [-0.2, 0) is 0 Å². The highest BCUT2D eigenvalue weighted by Gasteiger charge is 2.31. The lowest BCUT2D eigenvalue weighted by Crippen LogP contribution is -2.50. The van der Waals surface area contributed by atoms with Crippen molar-refractivity contribution in [1.82, 2.24) is 24.9 Å². The molecule has 2 unspecified atom stereocenters. The second-order valence-corrected chi connectivity index (χ2v) is 8.55. The summed E-state index contributed by atoms with van der Waals surface area (Å²) in [5, 5.41) is 3.75. The van der Waals surface area contributed by atoms with Crippen molar-refractivity contribution in [1.29, 1.82) is 0 Å². The third-order valence-electron chi connectivity index (χ3n) is 4.52. The van der Waals surface area contributed by atoms with Crippen molar-refractivity contribution in [3.8, 4) is 0 Å². The summed E-state index contributed by atoms with van der Waals surface area (Å²) in [6.45, 7) is 18.1. The Morgan fingerprint density at radius 3 is 1.46 bits per heavy atom. The van der Waals surface area contributed by atoms with E-state index in [1.807, 2.05) is 21.6 Å². The molecule has 1 aliphatic heterocycles. The molecule has 0 aromatic heterocycles. The highest BCUT2D eigenvalue weighted by Crippen LogP contribution is 2.38. The second-order valence-electron chi connectivity index (χ2n) is 6.12. The molecule has 1 aliphatic rings. The maximum atomic E-state index is 3.75. The van der Waals surface area contributed by atoms with Crippen LogP contribution in [0.4, 0.5) is 0 Å². The summed E-state index contributed by atoms with van der Waals surface area (Å²) < 4.78 is 0. The van der Waals surface area contributed by atoms with E-state index in [4.69, 9.17) is 0 Å². The Hall–Kier alpha value is 0.790. The summed E-state index contributed by atoms with van der Waals surface area (Å²) >= 11 is 0. The van der Waals surface area contributed by atoms with Gasteiger partial charge in [-0.05, 0) is 40.3 Å². The fourth-order valence-electron chi connectivity index (χ4n) is 2.65. The lowest BCUT2D eigenvalue weighted by molar-refractivity contribution is 0.153. The van der Waals surface area contributed by atoms with Gasteiger partial charge in [-0.3, -0.25) is 15.1 Å². The van der Waals surface area contributed by atoms with Crippen molar-refractivity contribution in [3.63, 3.8) is 0 Å². The summed E-state index contributed by atoms with van der Waals surface area (Å²) in [6, 6.07) is 0. The number of likely N-dealkylation sites (N-methyl/N-ethyl adjacent to an activating group) is 2. The monoisotopic (exact) mass is 399 g/mol. The molecular weight excluding hydrogens is 362 g/mol. The van der Waals surface area contributed by atoms with Gasteiger partial charge in [0.15, 0.2) is 0 Å². The van der Waals surface area contributed by atoms with Crippen molar-refractivity contribution < 1.29 is 0 Å². The number of hydrogen-bond acceptors (Lipinski definition) is 7. The molecule has 0 aliphatic carbocycles. The number of halogens is 1. The summed E-state index contributed by atoms with van der Waals surface area (Å²) in [5.41, 5.74) is 0.827.